The van der Waals surface area contributed by atoms with Gasteiger partial charge in [0.05, 0.1) is 0 Å². The molecule has 0 heterocycles. The van der Waals surface area contributed by atoms with Gasteiger partial charge in [0.15, 0.2) is 5.92 Å². The molecular formula is C29H40O5Si. The molecule has 0 saturated carbocycles. The molecule has 2 rings (SSSR count). The lowest BCUT2D eigenvalue weighted by atomic mass is 10.0. The topological polar surface area (TPSA) is 61.8 Å². The molecule has 2 aromatic carbocycles. The zero-order valence-corrected chi connectivity index (χ0v) is 23.0. The monoisotopic (exact) mass is 496 g/mol. The normalized spacial score (nSPS) is 13.1. The van der Waals surface area contributed by atoms with Gasteiger partial charge in [-0.1, -0.05) is 94.1 Å². The van der Waals surface area contributed by atoms with E-state index < -0.39 is 31.8 Å². The third-order valence-corrected chi connectivity index (χ3v) is 10.7. The van der Waals surface area contributed by atoms with E-state index in [0.717, 1.165) is 0 Å². The summed E-state index contributed by atoms with van der Waals surface area (Å²) < 4.78 is 17.6. The molecule has 0 saturated heterocycles. The number of carbonyl (C=O) groups excluding carboxylic acids is 2. The summed E-state index contributed by atoms with van der Waals surface area (Å²) in [4.78, 5) is 25.4. The summed E-state index contributed by atoms with van der Waals surface area (Å²) in [6, 6.07) is 20.8. The predicted molar refractivity (Wildman–Crippen MR) is 143 cm³/mol. The Bertz CT molecular complexity index is 919. The fraction of sp³-hybridized carbons (Fsp3) is 0.448. The first-order chi connectivity index (χ1) is 16.4. The zero-order valence-electron chi connectivity index (χ0n) is 22.0. The molecule has 190 valence electrons. The lowest BCUT2D eigenvalue weighted by Crippen LogP contribution is -2.66. The summed E-state index contributed by atoms with van der Waals surface area (Å²) in [5.41, 5.74) is -0.695. The van der Waals surface area contributed by atoms with Crippen molar-refractivity contribution in [2.24, 2.45) is 5.92 Å². The van der Waals surface area contributed by atoms with E-state index in [2.05, 4.69) is 51.6 Å². The lowest BCUT2D eigenvalue weighted by molar-refractivity contribution is -0.169. The van der Waals surface area contributed by atoms with Crippen molar-refractivity contribution in [3.63, 3.8) is 0 Å². The number of ether oxygens (including phenoxy) is 2. The number of hydrogen-bond acceptors (Lipinski definition) is 5. The molecule has 2 aromatic rings. The first kappa shape index (κ1) is 28.5. The molecule has 0 aliphatic rings. The standard InChI is InChI=1S/C29H40O5Si/c1-8-21-32-26(30)25(27(31)34-28(2,3)4)20-15-22-33-35(29(5,6)7,23-16-11-9-12-17-23)24-18-13-10-14-19-24/h8-14,16-19,25H,1,15,20-22H2,2-7H3. The number of benzene rings is 2. The molecule has 35 heavy (non-hydrogen) atoms. The minimum absolute atomic E-state index is 0.0523. The van der Waals surface area contributed by atoms with Gasteiger partial charge in [0.25, 0.3) is 8.32 Å². The van der Waals surface area contributed by atoms with Crippen LogP contribution in [0.4, 0.5) is 0 Å². The van der Waals surface area contributed by atoms with Crippen molar-refractivity contribution < 1.29 is 23.5 Å². The SMILES string of the molecule is C=CCOC(=O)C(CCCO[Si](c1ccccc1)(c1ccccc1)C(C)(C)C)C(=O)OC(C)(C)C. The minimum Gasteiger partial charge on any atom is -0.461 e. The first-order valence-electron chi connectivity index (χ1n) is 12.2. The molecule has 0 amide bonds. The van der Waals surface area contributed by atoms with Crippen LogP contribution in [0.15, 0.2) is 73.3 Å². The average molecular weight is 497 g/mol. The molecule has 0 aromatic heterocycles. The number of esters is 2. The smallest absolute Gasteiger partial charge is 0.320 e. The fourth-order valence-corrected chi connectivity index (χ4v) is 8.83. The Kier molecular flexibility index (Phi) is 10.0. The molecule has 0 fully saturated rings. The first-order valence-corrected chi connectivity index (χ1v) is 14.1. The second-order valence-electron chi connectivity index (χ2n) is 10.7. The van der Waals surface area contributed by atoms with Gasteiger partial charge >= 0.3 is 11.9 Å². The van der Waals surface area contributed by atoms with Crippen LogP contribution in [0.25, 0.3) is 0 Å². The van der Waals surface area contributed by atoms with Gasteiger partial charge in [-0.05, 0) is 49.0 Å². The van der Waals surface area contributed by atoms with Gasteiger partial charge in [-0.2, -0.15) is 0 Å². The average Bonchev–Trinajstić information content (AvgIpc) is 2.79. The number of rotatable bonds is 11. The minimum atomic E-state index is -2.68. The van der Waals surface area contributed by atoms with Gasteiger partial charge in [0, 0.05) is 6.61 Å². The van der Waals surface area contributed by atoms with Gasteiger partial charge in [0.1, 0.15) is 12.2 Å². The van der Waals surface area contributed by atoms with Crippen molar-refractivity contribution >= 4 is 30.6 Å². The largest absolute Gasteiger partial charge is 0.461 e. The van der Waals surface area contributed by atoms with Gasteiger partial charge in [-0.3, -0.25) is 9.59 Å². The highest BCUT2D eigenvalue weighted by atomic mass is 28.4. The highest BCUT2D eigenvalue weighted by Gasteiger charge is 2.50. The van der Waals surface area contributed by atoms with Crippen molar-refractivity contribution in [2.45, 2.75) is 65.0 Å². The molecule has 0 N–H and O–H groups in total. The third kappa shape index (κ3) is 7.64. The summed E-state index contributed by atoms with van der Waals surface area (Å²) in [5, 5.41) is 2.23. The van der Waals surface area contributed by atoms with Crippen LogP contribution >= 0.6 is 0 Å². The van der Waals surface area contributed by atoms with E-state index in [0.29, 0.717) is 13.0 Å². The summed E-state index contributed by atoms with van der Waals surface area (Å²) in [5.74, 6) is -2.17. The van der Waals surface area contributed by atoms with Crippen LogP contribution in [0.3, 0.4) is 0 Å². The van der Waals surface area contributed by atoms with E-state index >= 15 is 0 Å². The van der Waals surface area contributed by atoms with Gasteiger partial charge in [0.2, 0.25) is 0 Å². The van der Waals surface area contributed by atoms with E-state index in [1.807, 2.05) is 36.4 Å². The molecule has 0 aliphatic carbocycles. The molecule has 0 radical (unpaired) electrons. The van der Waals surface area contributed by atoms with Crippen LogP contribution in [-0.4, -0.2) is 39.1 Å². The Morgan fingerprint density at radius 1 is 0.886 bits per heavy atom. The van der Waals surface area contributed by atoms with E-state index in [1.165, 1.54) is 16.4 Å². The maximum Gasteiger partial charge on any atom is 0.320 e. The van der Waals surface area contributed by atoms with Crippen LogP contribution in [0.1, 0.15) is 54.4 Å². The van der Waals surface area contributed by atoms with Crippen molar-refractivity contribution in [1.82, 2.24) is 0 Å². The molecule has 1 atom stereocenters. The van der Waals surface area contributed by atoms with Crippen molar-refractivity contribution in [3.8, 4) is 0 Å². The summed E-state index contributed by atoms with van der Waals surface area (Å²) >= 11 is 0. The van der Waals surface area contributed by atoms with Gasteiger partial charge in [-0.25, -0.2) is 0 Å². The highest BCUT2D eigenvalue weighted by molar-refractivity contribution is 6.99. The maximum absolute atomic E-state index is 12.8. The Morgan fingerprint density at radius 2 is 1.40 bits per heavy atom. The Balaban J connectivity index is 2.28. The van der Waals surface area contributed by atoms with Crippen LogP contribution in [-0.2, 0) is 23.5 Å². The number of carbonyl (C=O) groups is 2. The van der Waals surface area contributed by atoms with Gasteiger partial charge < -0.3 is 13.9 Å². The predicted octanol–water partition coefficient (Wildman–Crippen LogP) is 5.03. The van der Waals surface area contributed by atoms with E-state index in [9.17, 15) is 9.59 Å². The van der Waals surface area contributed by atoms with Crippen LogP contribution in [0.5, 0.6) is 0 Å². The highest BCUT2D eigenvalue weighted by Crippen LogP contribution is 2.37. The van der Waals surface area contributed by atoms with Crippen molar-refractivity contribution in [1.29, 1.82) is 0 Å². The van der Waals surface area contributed by atoms with E-state index in [4.69, 9.17) is 13.9 Å². The zero-order chi connectivity index (χ0) is 26.1. The Morgan fingerprint density at radius 3 is 1.83 bits per heavy atom. The molecule has 6 heteroatoms. The van der Waals surface area contributed by atoms with Crippen molar-refractivity contribution in [2.75, 3.05) is 13.2 Å². The third-order valence-electron chi connectivity index (χ3n) is 5.69. The van der Waals surface area contributed by atoms with Gasteiger partial charge in [-0.15, -0.1) is 0 Å². The summed E-state index contributed by atoms with van der Waals surface area (Å²) in [7, 11) is -2.68. The molecule has 1 unspecified atom stereocenters. The molecule has 0 aliphatic heterocycles. The van der Waals surface area contributed by atoms with Crippen LogP contribution in [0, 0.1) is 5.92 Å². The molecule has 0 bridgehead atoms. The fourth-order valence-electron chi connectivity index (χ4n) is 4.22. The quantitative estimate of drug-likeness (QED) is 0.144. The molecular weight excluding hydrogens is 456 g/mol. The van der Waals surface area contributed by atoms with E-state index in [-0.39, 0.29) is 18.1 Å². The summed E-state index contributed by atoms with van der Waals surface area (Å²) in [6.07, 6.45) is 2.27. The molecule has 5 nitrogen and oxygen atoms in total. The summed E-state index contributed by atoms with van der Waals surface area (Å²) in [6.45, 7) is 16.0. The number of hydrogen-bond donors (Lipinski definition) is 0. The maximum atomic E-state index is 12.8. The second-order valence-corrected chi connectivity index (χ2v) is 15.0. The second kappa shape index (κ2) is 12.3. The Labute approximate surface area is 211 Å². The van der Waals surface area contributed by atoms with Crippen molar-refractivity contribution in [3.05, 3.63) is 73.3 Å². The lowest BCUT2D eigenvalue weighted by Gasteiger charge is -2.43. The Hall–Kier alpha value is -2.70. The molecule has 0 spiro atoms. The van der Waals surface area contributed by atoms with E-state index in [1.54, 1.807) is 20.8 Å². The van der Waals surface area contributed by atoms with Crippen LogP contribution in [0.2, 0.25) is 5.04 Å². The van der Waals surface area contributed by atoms with Crippen LogP contribution < -0.4 is 10.4 Å².